The van der Waals surface area contributed by atoms with E-state index in [1.807, 2.05) is 24.3 Å². The Bertz CT molecular complexity index is 357. The Morgan fingerprint density at radius 1 is 1.22 bits per heavy atom. The number of benzene rings is 1. The minimum atomic E-state index is -4.06. The molecule has 0 spiro atoms. The highest BCUT2D eigenvalue weighted by atomic mass is 79.9. The fourth-order valence-electron chi connectivity index (χ4n) is 1.34. The van der Waals surface area contributed by atoms with Gasteiger partial charge in [-0.3, -0.25) is 0 Å². The van der Waals surface area contributed by atoms with Gasteiger partial charge in [0.1, 0.15) is 12.4 Å². The van der Waals surface area contributed by atoms with Gasteiger partial charge in [-0.15, -0.1) is 0 Å². The zero-order valence-corrected chi connectivity index (χ0v) is 11.4. The van der Waals surface area contributed by atoms with Gasteiger partial charge < -0.3 is 10.1 Å². The predicted octanol–water partition coefficient (Wildman–Crippen LogP) is 3.76. The molecule has 0 saturated heterocycles. The molecule has 1 aromatic carbocycles. The molecule has 0 atom stereocenters. The Morgan fingerprint density at radius 2 is 2.00 bits per heavy atom. The molecular formula is C12H15BrF3NO. The summed E-state index contributed by atoms with van der Waals surface area (Å²) in [6.07, 6.45) is -4.71. The molecule has 0 fully saturated rings. The number of alkyl halides is 3. The van der Waals surface area contributed by atoms with Gasteiger partial charge in [0.25, 0.3) is 0 Å². The van der Waals surface area contributed by atoms with Gasteiger partial charge in [-0.1, -0.05) is 22.0 Å². The third-order valence-corrected chi connectivity index (χ3v) is 2.65. The Kier molecular flexibility index (Phi) is 6.49. The van der Waals surface area contributed by atoms with Gasteiger partial charge >= 0.3 is 6.18 Å². The van der Waals surface area contributed by atoms with Crippen LogP contribution >= 0.6 is 15.9 Å². The molecule has 0 radical (unpaired) electrons. The zero-order valence-electron chi connectivity index (χ0n) is 9.77. The number of rotatable bonds is 7. The minimum absolute atomic E-state index is 0.0976. The van der Waals surface area contributed by atoms with Crippen molar-refractivity contribution in [2.75, 3.05) is 19.7 Å². The smallest absolute Gasteiger partial charge is 0.389 e. The van der Waals surface area contributed by atoms with E-state index in [9.17, 15) is 13.2 Å². The monoisotopic (exact) mass is 325 g/mol. The molecule has 0 heterocycles. The van der Waals surface area contributed by atoms with Crippen LogP contribution in [0.15, 0.2) is 28.7 Å². The number of ether oxygens (including phenoxy) is 1. The summed E-state index contributed by atoms with van der Waals surface area (Å²) < 4.78 is 41.8. The van der Waals surface area contributed by atoms with E-state index in [4.69, 9.17) is 4.74 Å². The molecule has 0 aliphatic heterocycles. The Balaban J connectivity index is 2.02. The van der Waals surface area contributed by atoms with Crippen LogP contribution in [0.1, 0.15) is 12.8 Å². The lowest BCUT2D eigenvalue weighted by atomic mass is 10.3. The van der Waals surface area contributed by atoms with Crippen molar-refractivity contribution in [1.29, 1.82) is 0 Å². The molecule has 0 unspecified atom stereocenters. The first-order valence-electron chi connectivity index (χ1n) is 5.63. The summed E-state index contributed by atoms with van der Waals surface area (Å²) in [6, 6.07) is 7.41. The summed E-state index contributed by atoms with van der Waals surface area (Å²) >= 11 is 3.32. The van der Waals surface area contributed by atoms with Gasteiger partial charge in [-0.2, -0.15) is 13.2 Å². The van der Waals surface area contributed by atoms with Gasteiger partial charge in [-0.25, -0.2) is 0 Å². The van der Waals surface area contributed by atoms with Gasteiger partial charge in [0.2, 0.25) is 0 Å². The fraction of sp³-hybridized carbons (Fsp3) is 0.500. The van der Waals surface area contributed by atoms with Crippen molar-refractivity contribution in [3.63, 3.8) is 0 Å². The predicted molar refractivity (Wildman–Crippen MR) is 67.8 cm³/mol. The summed E-state index contributed by atoms with van der Waals surface area (Å²) in [4.78, 5) is 0. The summed E-state index contributed by atoms with van der Waals surface area (Å²) in [7, 11) is 0. The minimum Gasteiger partial charge on any atom is -0.492 e. The summed E-state index contributed by atoms with van der Waals surface area (Å²) in [6.45, 7) is 1.31. The highest BCUT2D eigenvalue weighted by Crippen LogP contribution is 2.20. The van der Waals surface area contributed by atoms with Gasteiger partial charge in [0.15, 0.2) is 0 Å². The van der Waals surface area contributed by atoms with Crippen molar-refractivity contribution < 1.29 is 17.9 Å². The van der Waals surface area contributed by atoms with Crippen LogP contribution < -0.4 is 10.1 Å². The zero-order chi connectivity index (χ0) is 13.4. The summed E-state index contributed by atoms with van der Waals surface area (Å²) in [5.41, 5.74) is 0. The molecule has 1 N–H and O–H groups in total. The molecule has 0 amide bonds. The van der Waals surface area contributed by atoms with Crippen LogP contribution in [-0.4, -0.2) is 25.9 Å². The topological polar surface area (TPSA) is 21.3 Å². The molecule has 102 valence electrons. The van der Waals surface area contributed by atoms with Crippen LogP contribution in [0.2, 0.25) is 0 Å². The number of nitrogens with one attached hydrogen (secondary N) is 1. The second-order valence-corrected chi connectivity index (χ2v) is 4.69. The second kappa shape index (κ2) is 7.63. The third-order valence-electron chi connectivity index (χ3n) is 2.16. The van der Waals surface area contributed by atoms with E-state index >= 15 is 0 Å². The molecule has 2 nitrogen and oxygen atoms in total. The van der Waals surface area contributed by atoms with Crippen LogP contribution in [0.25, 0.3) is 0 Å². The standard InChI is InChI=1S/C12H15BrF3NO/c13-10-3-1-4-11(9-10)18-8-7-17-6-2-5-12(14,15)16/h1,3-4,9,17H,2,5-8H2. The van der Waals surface area contributed by atoms with Crippen LogP contribution in [0.4, 0.5) is 13.2 Å². The average Bonchev–Trinajstić information content (AvgIpc) is 2.26. The molecular weight excluding hydrogens is 311 g/mol. The largest absolute Gasteiger partial charge is 0.492 e. The van der Waals surface area contributed by atoms with E-state index in [1.165, 1.54) is 0 Å². The number of hydrogen-bond acceptors (Lipinski definition) is 2. The van der Waals surface area contributed by atoms with Crippen LogP contribution in [0.5, 0.6) is 5.75 Å². The lowest BCUT2D eigenvalue weighted by Gasteiger charge is -2.08. The molecule has 18 heavy (non-hydrogen) atoms. The molecule has 0 bridgehead atoms. The molecule has 0 aliphatic rings. The SMILES string of the molecule is FC(F)(F)CCCNCCOc1cccc(Br)c1. The van der Waals surface area contributed by atoms with E-state index < -0.39 is 12.6 Å². The van der Waals surface area contributed by atoms with Crippen molar-refractivity contribution >= 4 is 15.9 Å². The first-order chi connectivity index (χ1) is 8.47. The molecule has 1 rings (SSSR count). The second-order valence-electron chi connectivity index (χ2n) is 3.77. The van der Waals surface area contributed by atoms with E-state index in [0.29, 0.717) is 19.7 Å². The lowest BCUT2D eigenvalue weighted by Crippen LogP contribution is -2.23. The normalized spacial score (nSPS) is 11.6. The van der Waals surface area contributed by atoms with E-state index in [-0.39, 0.29) is 6.42 Å². The quantitative estimate of drug-likeness (QED) is 0.771. The first kappa shape index (κ1) is 15.3. The first-order valence-corrected chi connectivity index (χ1v) is 6.42. The average molecular weight is 326 g/mol. The third kappa shape index (κ3) is 7.55. The van der Waals surface area contributed by atoms with Crippen LogP contribution in [0, 0.1) is 0 Å². The van der Waals surface area contributed by atoms with Crippen molar-refractivity contribution in [1.82, 2.24) is 5.32 Å². The van der Waals surface area contributed by atoms with E-state index in [0.717, 1.165) is 10.2 Å². The van der Waals surface area contributed by atoms with E-state index in [2.05, 4.69) is 21.2 Å². The highest BCUT2D eigenvalue weighted by Gasteiger charge is 2.25. The van der Waals surface area contributed by atoms with Crippen LogP contribution in [-0.2, 0) is 0 Å². The van der Waals surface area contributed by atoms with Crippen LogP contribution in [0.3, 0.4) is 0 Å². The van der Waals surface area contributed by atoms with Crippen molar-refractivity contribution in [2.45, 2.75) is 19.0 Å². The maximum absolute atomic E-state index is 11.8. The Labute approximate surface area is 113 Å². The van der Waals surface area contributed by atoms with Crippen molar-refractivity contribution in [3.8, 4) is 5.75 Å². The number of halogens is 4. The molecule has 1 aromatic rings. The molecule has 6 heteroatoms. The van der Waals surface area contributed by atoms with Gasteiger partial charge in [-0.05, 0) is 31.2 Å². The Morgan fingerprint density at radius 3 is 2.67 bits per heavy atom. The summed E-state index contributed by atoms with van der Waals surface area (Å²) in [5, 5.41) is 2.91. The van der Waals surface area contributed by atoms with Gasteiger partial charge in [0, 0.05) is 17.4 Å². The maximum Gasteiger partial charge on any atom is 0.389 e. The number of hydrogen-bond donors (Lipinski definition) is 1. The molecule has 0 aromatic heterocycles. The lowest BCUT2D eigenvalue weighted by molar-refractivity contribution is -0.135. The van der Waals surface area contributed by atoms with Crippen molar-refractivity contribution in [2.24, 2.45) is 0 Å². The fourth-order valence-corrected chi connectivity index (χ4v) is 1.71. The van der Waals surface area contributed by atoms with E-state index in [1.54, 1.807) is 0 Å². The maximum atomic E-state index is 11.8. The Hall–Kier alpha value is -0.750. The summed E-state index contributed by atoms with van der Waals surface area (Å²) in [5.74, 6) is 0.737. The van der Waals surface area contributed by atoms with Gasteiger partial charge in [0.05, 0.1) is 0 Å². The highest BCUT2D eigenvalue weighted by molar-refractivity contribution is 9.10. The molecule has 0 saturated carbocycles. The van der Waals surface area contributed by atoms with Crippen molar-refractivity contribution in [3.05, 3.63) is 28.7 Å². The molecule has 0 aliphatic carbocycles.